The summed E-state index contributed by atoms with van der Waals surface area (Å²) in [6.45, 7) is 5.78. The number of hydrogen-bond acceptors (Lipinski definition) is 3. The fourth-order valence-electron chi connectivity index (χ4n) is 2.41. The maximum Gasteiger partial charge on any atom is 0.228 e. The average molecular weight is 256 g/mol. The van der Waals surface area contributed by atoms with Crippen LogP contribution >= 0.6 is 0 Å². The second-order valence-corrected chi connectivity index (χ2v) is 4.70. The van der Waals surface area contributed by atoms with Gasteiger partial charge < -0.3 is 15.0 Å². The predicted molar refractivity (Wildman–Crippen MR) is 69.1 cm³/mol. The molecule has 1 aliphatic heterocycles. The summed E-state index contributed by atoms with van der Waals surface area (Å²) in [6, 6.07) is 0.239. The number of carbonyl (C=O) groups excluding carboxylic acids is 2. The Bertz CT molecular complexity index is 290. The summed E-state index contributed by atoms with van der Waals surface area (Å²) >= 11 is 0. The zero-order valence-corrected chi connectivity index (χ0v) is 11.6. The molecular formula is C13H24N2O3. The lowest BCUT2D eigenvalue weighted by Crippen LogP contribution is -2.45. The Morgan fingerprint density at radius 2 is 2.17 bits per heavy atom. The maximum atomic E-state index is 12.4. The van der Waals surface area contributed by atoms with Crippen LogP contribution in [0.5, 0.6) is 0 Å². The Kier molecular flexibility index (Phi) is 6.12. The van der Waals surface area contributed by atoms with Crippen molar-refractivity contribution in [1.82, 2.24) is 10.2 Å². The first kappa shape index (κ1) is 15.0. The molecule has 1 unspecified atom stereocenters. The molecule has 1 rings (SSSR count). The second kappa shape index (κ2) is 7.36. The molecule has 0 aromatic rings. The lowest BCUT2D eigenvalue weighted by atomic mass is 10.0. The number of amides is 2. The van der Waals surface area contributed by atoms with Gasteiger partial charge in [0.1, 0.15) is 0 Å². The van der Waals surface area contributed by atoms with Crippen molar-refractivity contribution < 1.29 is 14.3 Å². The van der Waals surface area contributed by atoms with Crippen molar-refractivity contribution in [3.8, 4) is 0 Å². The highest BCUT2D eigenvalue weighted by Gasteiger charge is 2.33. The van der Waals surface area contributed by atoms with Crippen molar-refractivity contribution in [2.75, 3.05) is 26.8 Å². The van der Waals surface area contributed by atoms with Gasteiger partial charge in [-0.25, -0.2) is 0 Å². The van der Waals surface area contributed by atoms with Crippen molar-refractivity contribution in [3.63, 3.8) is 0 Å². The Morgan fingerprint density at radius 3 is 2.61 bits per heavy atom. The number of rotatable bonds is 7. The molecule has 1 heterocycles. The zero-order chi connectivity index (χ0) is 13.5. The Hall–Kier alpha value is -1.10. The first-order chi connectivity index (χ1) is 8.63. The molecule has 0 bridgehead atoms. The standard InChI is InChI=1S/C13H24N2O3/c1-4-11(5-2)15(6-7-18-3)13(17)10-8-12(16)14-9-10/h10-11H,4-9H2,1-3H3,(H,14,16). The minimum absolute atomic E-state index is 0.0235. The molecule has 0 saturated carbocycles. The summed E-state index contributed by atoms with van der Waals surface area (Å²) in [5, 5.41) is 2.72. The smallest absolute Gasteiger partial charge is 0.228 e. The van der Waals surface area contributed by atoms with Gasteiger partial charge in [-0.15, -0.1) is 0 Å². The van der Waals surface area contributed by atoms with E-state index < -0.39 is 0 Å². The van der Waals surface area contributed by atoms with Gasteiger partial charge in [0, 0.05) is 32.7 Å². The third kappa shape index (κ3) is 3.70. The monoisotopic (exact) mass is 256 g/mol. The fraction of sp³-hybridized carbons (Fsp3) is 0.846. The van der Waals surface area contributed by atoms with Crippen LogP contribution < -0.4 is 5.32 Å². The number of nitrogens with one attached hydrogen (secondary N) is 1. The molecule has 1 aliphatic rings. The maximum absolute atomic E-state index is 12.4. The molecule has 0 aliphatic carbocycles. The lowest BCUT2D eigenvalue weighted by molar-refractivity contribution is -0.139. The van der Waals surface area contributed by atoms with Crippen molar-refractivity contribution in [2.24, 2.45) is 5.92 Å². The SMILES string of the molecule is CCC(CC)N(CCOC)C(=O)C1CNC(=O)C1. The predicted octanol–water partition coefficient (Wildman–Crippen LogP) is 0.786. The highest BCUT2D eigenvalue weighted by Crippen LogP contribution is 2.17. The second-order valence-electron chi connectivity index (χ2n) is 4.70. The third-order valence-corrected chi connectivity index (χ3v) is 3.53. The van der Waals surface area contributed by atoms with Crippen LogP contribution in [0, 0.1) is 5.92 Å². The summed E-state index contributed by atoms with van der Waals surface area (Å²) in [4.78, 5) is 25.5. The summed E-state index contributed by atoms with van der Waals surface area (Å²) in [5.74, 6) is -0.140. The first-order valence-electron chi connectivity index (χ1n) is 6.70. The zero-order valence-electron chi connectivity index (χ0n) is 11.6. The van der Waals surface area contributed by atoms with E-state index in [0.717, 1.165) is 12.8 Å². The molecule has 18 heavy (non-hydrogen) atoms. The van der Waals surface area contributed by atoms with E-state index in [1.165, 1.54) is 0 Å². The molecule has 0 spiro atoms. The summed E-state index contributed by atoms with van der Waals surface area (Å²) in [7, 11) is 1.64. The molecule has 5 heteroatoms. The van der Waals surface area contributed by atoms with Crippen molar-refractivity contribution >= 4 is 11.8 Å². The first-order valence-corrected chi connectivity index (χ1v) is 6.70. The molecular weight excluding hydrogens is 232 g/mol. The molecule has 104 valence electrons. The van der Waals surface area contributed by atoms with Gasteiger partial charge in [0.25, 0.3) is 0 Å². The van der Waals surface area contributed by atoms with Crippen LogP contribution in [0.1, 0.15) is 33.1 Å². The quantitative estimate of drug-likeness (QED) is 0.732. The van der Waals surface area contributed by atoms with E-state index in [9.17, 15) is 9.59 Å². The molecule has 0 radical (unpaired) electrons. The normalized spacial score (nSPS) is 19.1. The Balaban J connectivity index is 2.68. The van der Waals surface area contributed by atoms with E-state index in [1.54, 1.807) is 7.11 Å². The Labute approximate surface area is 109 Å². The highest BCUT2D eigenvalue weighted by molar-refractivity contribution is 5.89. The molecule has 2 amide bonds. The number of nitrogens with zero attached hydrogens (tertiary/aromatic N) is 1. The molecule has 1 atom stereocenters. The summed E-state index contributed by atoms with van der Waals surface area (Å²) in [5.41, 5.74) is 0. The molecule has 1 fully saturated rings. The number of carbonyl (C=O) groups is 2. The van der Waals surface area contributed by atoms with Crippen molar-refractivity contribution in [1.29, 1.82) is 0 Å². The number of methoxy groups -OCH3 is 1. The van der Waals surface area contributed by atoms with E-state index in [1.807, 2.05) is 4.90 Å². The van der Waals surface area contributed by atoms with Crippen LogP contribution in [0.3, 0.4) is 0 Å². The molecule has 0 aromatic heterocycles. The van der Waals surface area contributed by atoms with Gasteiger partial charge in [-0.1, -0.05) is 13.8 Å². The Morgan fingerprint density at radius 1 is 1.50 bits per heavy atom. The summed E-state index contributed by atoms with van der Waals surface area (Å²) in [6.07, 6.45) is 2.18. The van der Waals surface area contributed by atoms with Gasteiger partial charge in [-0.3, -0.25) is 9.59 Å². The lowest BCUT2D eigenvalue weighted by Gasteiger charge is -2.32. The van der Waals surface area contributed by atoms with Crippen LogP contribution in [-0.4, -0.2) is 49.6 Å². The third-order valence-electron chi connectivity index (χ3n) is 3.53. The van der Waals surface area contributed by atoms with E-state index >= 15 is 0 Å². The molecule has 1 N–H and O–H groups in total. The van der Waals surface area contributed by atoms with Gasteiger partial charge in [0.2, 0.25) is 11.8 Å². The summed E-state index contributed by atoms with van der Waals surface area (Å²) < 4.78 is 5.07. The van der Waals surface area contributed by atoms with Crippen LogP contribution in [-0.2, 0) is 14.3 Å². The van der Waals surface area contributed by atoms with Gasteiger partial charge in [-0.2, -0.15) is 0 Å². The van der Waals surface area contributed by atoms with Crippen molar-refractivity contribution in [2.45, 2.75) is 39.2 Å². The van der Waals surface area contributed by atoms with Crippen molar-refractivity contribution in [3.05, 3.63) is 0 Å². The molecule has 0 aromatic carbocycles. The molecule has 1 saturated heterocycles. The highest BCUT2D eigenvalue weighted by atomic mass is 16.5. The van der Waals surface area contributed by atoms with E-state index in [-0.39, 0.29) is 23.8 Å². The largest absolute Gasteiger partial charge is 0.383 e. The topological polar surface area (TPSA) is 58.6 Å². The average Bonchev–Trinajstić information content (AvgIpc) is 2.80. The van der Waals surface area contributed by atoms with Gasteiger partial charge >= 0.3 is 0 Å². The van der Waals surface area contributed by atoms with E-state index in [2.05, 4.69) is 19.2 Å². The number of ether oxygens (including phenoxy) is 1. The fourth-order valence-corrected chi connectivity index (χ4v) is 2.41. The van der Waals surface area contributed by atoms with Gasteiger partial charge in [-0.05, 0) is 12.8 Å². The van der Waals surface area contributed by atoms with Crippen LogP contribution in [0.15, 0.2) is 0 Å². The minimum Gasteiger partial charge on any atom is -0.383 e. The molecule has 5 nitrogen and oxygen atoms in total. The van der Waals surface area contributed by atoms with Crippen LogP contribution in [0.25, 0.3) is 0 Å². The number of hydrogen-bond donors (Lipinski definition) is 1. The van der Waals surface area contributed by atoms with Crippen LogP contribution in [0.2, 0.25) is 0 Å². The van der Waals surface area contributed by atoms with Gasteiger partial charge in [0.15, 0.2) is 0 Å². The van der Waals surface area contributed by atoms with E-state index in [0.29, 0.717) is 26.1 Å². The van der Waals surface area contributed by atoms with Gasteiger partial charge in [0.05, 0.1) is 12.5 Å². The minimum atomic E-state index is -0.199. The van der Waals surface area contributed by atoms with Crippen LogP contribution in [0.4, 0.5) is 0 Å². The van der Waals surface area contributed by atoms with E-state index in [4.69, 9.17) is 4.74 Å².